The minimum atomic E-state index is 0.381. The summed E-state index contributed by atoms with van der Waals surface area (Å²) in [6.07, 6.45) is 7.33. The summed E-state index contributed by atoms with van der Waals surface area (Å²) in [6.45, 7) is 4.81. The van der Waals surface area contributed by atoms with Gasteiger partial charge in [0.1, 0.15) is 6.61 Å². The second-order valence-electron chi connectivity index (χ2n) is 7.56. The van der Waals surface area contributed by atoms with Gasteiger partial charge in [-0.05, 0) is 12.8 Å². The van der Waals surface area contributed by atoms with Crippen LogP contribution in [0, 0.1) is 0 Å². The third kappa shape index (κ3) is 3.63. The minimum absolute atomic E-state index is 0.381. The predicted octanol–water partition coefficient (Wildman–Crippen LogP) is 2.30. The van der Waals surface area contributed by atoms with Gasteiger partial charge in [0.2, 0.25) is 16.0 Å². The van der Waals surface area contributed by atoms with E-state index in [2.05, 4.69) is 26.1 Å². The summed E-state index contributed by atoms with van der Waals surface area (Å²) in [7, 11) is 1.63. The molecule has 3 aromatic heterocycles. The van der Waals surface area contributed by atoms with E-state index in [1.807, 2.05) is 4.52 Å². The lowest BCUT2D eigenvalue weighted by atomic mass is 10.1. The van der Waals surface area contributed by atoms with E-state index in [1.165, 1.54) is 31.4 Å². The molecule has 0 atom stereocenters. The molecule has 28 heavy (non-hydrogen) atoms. The Kier molecular flexibility index (Phi) is 5.00. The molecule has 1 saturated carbocycles. The van der Waals surface area contributed by atoms with Crippen molar-refractivity contribution in [1.29, 1.82) is 0 Å². The molecule has 0 spiro atoms. The molecule has 1 aliphatic heterocycles. The van der Waals surface area contributed by atoms with Gasteiger partial charge in [-0.15, -0.1) is 5.10 Å². The van der Waals surface area contributed by atoms with Gasteiger partial charge in [0, 0.05) is 39.2 Å². The second kappa shape index (κ2) is 7.76. The molecule has 2 aliphatic rings. The fourth-order valence-electron chi connectivity index (χ4n) is 4.08. The number of nitrogens with zero attached hydrogens (tertiary/aromatic N) is 7. The van der Waals surface area contributed by atoms with E-state index in [0.29, 0.717) is 30.8 Å². The SMILES string of the molecule is COCc1noc(CN2CCN(c3nn4cc(C5CCCC5)nc4s3)CC2)n1. The third-order valence-electron chi connectivity index (χ3n) is 5.61. The number of rotatable bonds is 6. The summed E-state index contributed by atoms with van der Waals surface area (Å²) in [5.41, 5.74) is 1.22. The van der Waals surface area contributed by atoms with Crippen molar-refractivity contribution in [3.8, 4) is 0 Å². The third-order valence-corrected chi connectivity index (χ3v) is 6.59. The number of imidazole rings is 1. The molecular weight excluding hydrogens is 378 g/mol. The van der Waals surface area contributed by atoms with Crippen LogP contribution < -0.4 is 4.90 Å². The predicted molar refractivity (Wildman–Crippen MR) is 105 cm³/mol. The molecule has 0 aromatic carbocycles. The molecule has 0 radical (unpaired) electrons. The molecule has 1 aliphatic carbocycles. The Bertz CT molecular complexity index is 890. The van der Waals surface area contributed by atoms with Crippen molar-refractivity contribution < 1.29 is 9.26 Å². The van der Waals surface area contributed by atoms with Crippen LogP contribution in [0.25, 0.3) is 4.96 Å². The fourth-order valence-corrected chi connectivity index (χ4v) is 5.03. The Hall–Kier alpha value is -2.04. The molecule has 0 amide bonds. The molecule has 1 saturated heterocycles. The fraction of sp³-hybridized carbons (Fsp3) is 0.667. The van der Waals surface area contributed by atoms with Crippen molar-refractivity contribution in [1.82, 2.24) is 29.6 Å². The van der Waals surface area contributed by atoms with Crippen molar-refractivity contribution in [2.75, 3.05) is 38.2 Å². The summed E-state index contributed by atoms with van der Waals surface area (Å²) < 4.78 is 12.3. The van der Waals surface area contributed by atoms with Gasteiger partial charge in [-0.1, -0.05) is 29.3 Å². The average Bonchev–Trinajstić information content (AvgIpc) is 3.46. The van der Waals surface area contributed by atoms with Crippen LogP contribution in [-0.4, -0.2) is 62.9 Å². The van der Waals surface area contributed by atoms with E-state index >= 15 is 0 Å². The normalized spacial score (nSPS) is 19.2. The Morgan fingerprint density at radius 1 is 1.18 bits per heavy atom. The first kappa shape index (κ1) is 18.0. The van der Waals surface area contributed by atoms with Gasteiger partial charge in [-0.2, -0.15) is 4.98 Å². The summed E-state index contributed by atoms with van der Waals surface area (Å²) in [5, 5.41) is 9.76. The van der Waals surface area contributed by atoms with Crippen molar-refractivity contribution >= 4 is 21.4 Å². The van der Waals surface area contributed by atoms with Crippen LogP contribution in [0.5, 0.6) is 0 Å². The molecule has 2 fully saturated rings. The second-order valence-corrected chi connectivity index (χ2v) is 8.49. The van der Waals surface area contributed by atoms with Crippen molar-refractivity contribution in [2.45, 2.75) is 44.8 Å². The van der Waals surface area contributed by atoms with Gasteiger partial charge in [0.25, 0.3) is 0 Å². The molecule has 0 bridgehead atoms. The summed E-state index contributed by atoms with van der Waals surface area (Å²) in [5.74, 6) is 1.88. The zero-order valence-corrected chi connectivity index (χ0v) is 16.9. The number of piperazine rings is 1. The molecule has 0 unspecified atom stereocenters. The molecule has 10 heteroatoms. The Morgan fingerprint density at radius 3 is 2.75 bits per heavy atom. The van der Waals surface area contributed by atoms with E-state index in [1.54, 1.807) is 18.4 Å². The van der Waals surface area contributed by atoms with Crippen LogP contribution >= 0.6 is 11.3 Å². The highest BCUT2D eigenvalue weighted by Gasteiger charge is 2.24. The number of anilines is 1. The van der Waals surface area contributed by atoms with Gasteiger partial charge >= 0.3 is 0 Å². The van der Waals surface area contributed by atoms with Crippen LogP contribution in [0.2, 0.25) is 0 Å². The standard InChI is InChI=1S/C18H25N7O2S/c1-26-12-15-20-16(27-22-15)11-23-6-8-24(9-7-23)18-21-25-10-14(19-17(25)28-18)13-4-2-3-5-13/h10,13H,2-9,11-12H2,1H3. The average molecular weight is 404 g/mol. The van der Waals surface area contributed by atoms with E-state index in [4.69, 9.17) is 19.3 Å². The first-order chi connectivity index (χ1) is 13.8. The molecular formula is C18H25N7O2S. The zero-order valence-electron chi connectivity index (χ0n) is 16.1. The smallest absolute Gasteiger partial charge is 0.240 e. The van der Waals surface area contributed by atoms with E-state index in [9.17, 15) is 0 Å². The van der Waals surface area contributed by atoms with Gasteiger partial charge < -0.3 is 14.2 Å². The van der Waals surface area contributed by atoms with Gasteiger partial charge in [0.15, 0.2) is 5.82 Å². The number of hydrogen-bond acceptors (Lipinski definition) is 9. The Balaban J connectivity index is 1.18. The van der Waals surface area contributed by atoms with Gasteiger partial charge in [-0.25, -0.2) is 9.50 Å². The van der Waals surface area contributed by atoms with E-state index in [0.717, 1.165) is 36.3 Å². The molecule has 0 N–H and O–H groups in total. The Labute approximate surface area is 167 Å². The number of aromatic nitrogens is 5. The maximum absolute atomic E-state index is 5.30. The monoisotopic (exact) mass is 403 g/mol. The lowest BCUT2D eigenvalue weighted by Gasteiger charge is -2.33. The van der Waals surface area contributed by atoms with Crippen LogP contribution in [0.3, 0.4) is 0 Å². The highest BCUT2D eigenvalue weighted by atomic mass is 32.1. The molecule has 9 nitrogen and oxygen atoms in total. The lowest BCUT2D eigenvalue weighted by molar-refractivity contribution is 0.174. The summed E-state index contributed by atoms with van der Waals surface area (Å²) in [4.78, 5) is 14.9. The first-order valence-corrected chi connectivity index (χ1v) is 10.7. The maximum Gasteiger partial charge on any atom is 0.240 e. The highest BCUT2D eigenvalue weighted by molar-refractivity contribution is 7.20. The molecule has 5 rings (SSSR count). The van der Waals surface area contributed by atoms with Crippen molar-refractivity contribution in [3.05, 3.63) is 23.6 Å². The van der Waals surface area contributed by atoms with Gasteiger partial charge in [0.05, 0.1) is 18.4 Å². The molecule has 150 valence electrons. The number of hydrogen-bond donors (Lipinski definition) is 0. The van der Waals surface area contributed by atoms with Crippen molar-refractivity contribution in [2.24, 2.45) is 0 Å². The topological polar surface area (TPSA) is 84.8 Å². The molecule has 4 heterocycles. The number of methoxy groups -OCH3 is 1. The first-order valence-electron chi connectivity index (χ1n) is 9.92. The van der Waals surface area contributed by atoms with Crippen LogP contribution in [0.4, 0.5) is 5.13 Å². The highest BCUT2D eigenvalue weighted by Crippen LogP contribution is 2.34. The number of ether oxygens (including phenoxy) is 1. The Morgan fingerprint density at radius 2 is 2.00 bits per heavy atom. The van der Waals surface area contributed by atoms with Crippen LogP contribution in [0.1, 0.15) is 49.0 Å². The molecule has 3 aromatic rings. The lowest BCUT2D eigenvalue weighted by Crippen LogP contribution is -2.46. The number of fused-ring (bicyclic) bond motifs is 1. The van der Waals surface area contributed by atoms with Crippen molar-refractivity contribution in [3.63, 3.8) is 0 Å². The summed E-state index contributed by atoms with van der Waals surface area (Å²) >= 11 is 1.69. The largest absolute Gasteiger partial charge is 0.377 e. The minimum Gasteiger partial charge on any atom is -0.377 e. The zero-order chi connectivity index (χ0) is 18.9. The summed E-state index contributed by atoms with van der Waals surface area (Å²) in [6, 6.07) is 0. The maximum atomic E-state index is 5.30. The van der Waals surface area contributed by atoms with E-state index < -0.39 is 0 Å². The van der Waals surface area contributed by atoms with Crippen LogP contribution in [-0.2, 0) is 17.9 Å². The van der Waals surface area contributed by atoms with Crippen LogP contribution in [0.15, 0.2) is 10.7 Å². The van der Waals surface area contributed by atoms with E-state index in [-0.39, 0.29) is 0 Å². The van der Waals surface area contributed by atoms with Gasteiger partial charge in [-0.3, -0.25) is 4.90 Å². The quantitative estimate of drug-likeness (QED) is 0.620.